The summed E-state index contributed by atoms with van der Waals surface area (Å²) < 4.78 is 31.7. The molecule has 0 aromatic rings. The lowest BCUT2D eigenvalue weighted by Crippen LogP contribution is -2.54. The molecule has 0 aromatic carbocycles. The number of rotatable bonds is 9. The van der Waals surface area contributed by atoms with E-state index in [1.165, 1.54) is 0 Å². The predicted octanol–water partition coefficient (Wildman–Crippen LogP) is -1.34. The number of hydrogen-bond acceptors (Lipinski definition) is 8. The monoisotopic (exact) mass is 426 g/mol. The molecule has 0 fully saturated rings. The van der Waals surface area contributed by atoms with Gasteiger partial charge in [0, 0.05) is 29.8 Å². The van der Waals surface area contributed by atoms with Gasteiger partial charge in [-0.2, -0.15) is 51.1 Å². The molecular formula is C11H21F3N4O4S3. The van der Waals surface area contributed by atoms with Crippen molar-refractivity contribution in [3.63, 3.8) is 0 Å². The Morgan fingerprint density at radius 3 is 1.76 bits per heavy atom. The number of alkyl halides is 3. The van der Waals surface area contributed by atoms with Crippen LogP contribution in [0.15, 0.2) is 0 Å². The maximum atomic E-state index is 11.8. The lowest BCUT2D eigenvalue weighted by Gasteiger charge is -2.21. The van der Waals surface area contributed by atoms with Crippen LogP contribution in [0.5, 0.6) is 0 Å². The number of carboxylic acid groups (broad SMARTS) is 1. The number of carbonyl (C=O) groups excluding carboxylic acids is 2. The average molecular weight is 427 g/mol. The second-order valence-corrected chi connectivity index (χ2v) is 5.63. The summed E-state index contributed by atoms with van der Waals surface area (Å²) in [5, 5.41) is 12.6. The minimum absolute atomic E-state index is 0.149. The third kappa shape index (κ3) is 13.1. The summed E-state index contributed by atoms with van der Waals surface area (Å²) in [5.74, 6) is -2.79. The van der Waals surface area contributed by atoms with Gasteiger partial charge in [-0.05, 0) is 0 Å². The zero-order chi connectivity index (χ0) is 20.2. The van der Waals surface area contributed by atoms with Crippen LogP contribution in [-0.4, -0.2) is 71.0 Å². The van der Waals surface area contributed by atoms with Gasteiger partial charge < -0.3 is 27.2 Å². The Morgan fingerprint density at radius 2 is 1.48 bits per heavy atom. The van der Waals surface area contributed by atoms with E-state index in [4.69, 9.17) is 21.4 Å². The molecule has 3 atom stereocenters. The van der Waals surface area contributed by atoms with Gasteiger partial charge in [0.25, 0.3) is 0 Å². The van der Waals surface area contributed by atoms with Crippen LogP contribution in [0, 0.1) is 0 Å². The fraction of sp³-hybridized carbons (Fsp3) is 0.727. The van der Waals surface area contributed by atoms with Crippen LogP contribution in [0.25, 0.3) is 0 Å². The van der Waals surface area contributed by atoms with Crippen LogP contribution < -0.4 is 22.1 Å². The lowest BCUT2D eigenvalue weighted by molar-refractivity contribution is -0.192. The van der Waals surface area contributed by atoms with E-state index in [-0.39, 0.29) is 23.5 Å². The zero-order valence-electron chi connectivity index (χ0n) is 12.9. The summed E-state index contributed by atoms with van der Waals surface area (Å²) >= 11 is 12.1. The van der Waals surface area contributed by atoms with E-state index in [2.05, 4.69) is 48.5 Å². The van der Waals surface area contributed by atoms with Crippen LogP contribution in [0.1, 0.15) is 0 Å². The van der Waals surface area contributed by atoms with E-state index >= 15 is 0 Å². The fourth-order valence-electron chi connectivity index (χ4n) is 1.08. The summed E-state index contributed by atoms with van der Waals surface area (Å²) in [6.07, 6.45) is -5.08. The zero-order valence-corrected chi connectivity index (χ0v) is 15.5. The SMILES string of the molecule is NC(=O)C(CS)NC(=O)C(CS)NCC(N)CS.O=C(O)C(F)(F)F. The van der Waals surface area contributed by atoms with E-state index < -0.39 is 30.1 Å². The van der Waals surface area contributed by atoms with Crippen LogP contribution in [0.4, 0.5) is 13.2 Å². The van der Waals surface area contributed by atoms with Gasteiger partial charge in [-0.1, -0.05) is 0 Å². The van der Waals surface area contributed by atoms with Gasteiger partial charge in [0.2, 0.25) is 11.8 Å². The topological polar surface area (TPSA) is 148 Å². The molecule has 0 aliphatic carbocycles. The normalized spacial score (nSPS) is 14.5. The number of thiol groups is 3. The van der Waals surface area contributed by atoms with E-state index in [1.807, 2.05) is 0 Å². The van der Waals surface area contributed by atoms with E-state index in [0.29, 0.717) is 12.3 Å². The molecule has 25 heavy (non-hydrogen) atoms. The van der Waals surface area contributed by atoms with Crippen LogP contribution >= 0.6 is 37.9 Å². The third-order valence-electron chi connectivity index (χ3n) is 2.45. The maximum absolute atomic E-state index is 11.8. The number of hydrogen-bond donors (Lipinski definition) is 8. The van der Waals surface area contributed by atoms with Gasteiger partial charge in [-0.25, -0.2) is 4.79 Å². The van der Waals surface area contributed by atoms with Crippen molar-refractivity contribution < 1.29 is 32.7 Å². The molecule has 0 aromatic heterocycles. The highest BCUT2D eigenvalue weighted by Gasteiger charge is 2.38. The number of halogens is 3. The number of nitrogens with one attached hydrogen (secondary N) is 2. The number of carbonyl (C=O) groups is 3. The number of nitrogens with two attached hydrogens (primary N) is 2. The van der Waals surface area contributed by atoms with E-state index in [0.717, 1.165) is 0 Å². The number of amides is 2. The molecule has 14 heteroatoms. The van der Waals surface area contributed by atoms with Gasteiger partial charge in [-0.3, -0.25) is 9.59 Å². The highest BCUT2D eigenvalue weighted by molar-refractivity contribution is 7.80. The molecule has 0 rings (SSSR count). The smallest absolute Gasteiger partial charge is 0.475 e. The second-order valence-electron chi connectivity index (χ2n) is 4.54. The third-order valence-corrected chi connectivity index (χ3v) is 3.64. The molecule has 0 aliphatic rings. The Bertz CT molecular complexity index is 443. The molecule has 2 amide bonds. The van der Waals surface area contributed by atoms with Crippen LogP contribution in [0.2, 0.25) is 0 Å². The molecule has 0 heterocycles. The van der Waals surface area contributed by atoms with Gasteiger partial charge >= 0.3 is 12.1 Å². The van der Waals surface area contributed by atoms with E-state index in [9.17, 15) is 22.8 Å². The first-order valence-corrected chi connectivity index (χ1v) is 8.51. The summed E-state index contributed by atoms with van der Waals surface area (Å²) in [5.41, 5.74) is 10.8. The van der Waals surface area contributed by atoms with Gasteiger partial charge in [-0.15, -0.1) is 0 Å². The van der Waals surface area contributed by atoms with Gasteiger partial charge in [0.1, 0.15) is 6.04 Å². The fourth-order valence-corrected chi connectivity index (χ4v) is 1.77. The Balaban J connectivity index is 0. The lowest BCUT2D eigenvalue weighted by atomic mass is 10.2. The van der Waals surface area contributed by atoms with Crippen molar-refractivity contribution in [1.29, 1.82) is 0 Å². The highest BCUT2D eigenvalue weighted by atomic mass is 32.1. The number of aliphatic carboxylic acids is 1. The first-order chi connectivity index (χ1) is 11.4. The van der Waals surface area contributed by atoms with Crippen LogP contribution in [-0.2, 0) is 14.4 Å². The Kier molecular flexibility index (Phi) is 14.1. The van der Waals surface area contributed by atoms with Crippen LogP contribution in [0.3, 0.4) is 0 Å². The Labute approximate surface area is 158 Å². The molecular weight excluding hydrogens is 405 g/mol. The molecule has 3 unspecified atom stereocenters. The van der Waals surface area contributed by atoms with Gasteiger partial charge in [0.15, 0.2) is 0 Å². The molecule has 148 valence electrons. The molecule has 0 spiro atoms. The quantitative estimate of drug-likeness (QED) is 0.214. The Morgan fingerprint density at radius 1 is 1.04 bits per heavy atom. The highest BCUT2D eigenvalue weighted by Crippen LogP contribution is 2.13. The minimum Gasteiger partial charge on any atom is -0.475 e. The number of carboxylic acids is 1. The summed E-state index contributed by atoms with van der Waals surface area (Å²) in [4.78, 5) is 31.7. The number of primary amides is 1. The molecule has 7 N–H and O–H groups in total. The first-order valence-electron chi connectivity index (χ1n) is 6.61. The molecule has 0 saturated carbocycles. The van der Waals surface area contributed by atoms with Crippen molar-refractivity contribution in [1.82, 2.24) is 10.6 Å². The Hall–Kier alpha value is -0.830. The summed E-state index contributed by atoms with van der Waals surface area (Å²) in [6.45, 7) is 0.435. The average Bonchev–Trinajstić information content (AvgIpc) is 2.52. The van der Waals surface area contributed by atoms with Crippen molar-refractivity contribution in [3.8, 4) is 0 Å². The molecule has 0 saturated heterocycles. The van der Waals surface area contributed by atoms with Crippen molar-refractivity contribution in [3.05, 3.63) is 0 Å². The molecule has 8 nitrogen and oxygen atoms in total. The summed E-state index contributed by atoms with van der Waals surface area (Å²) in [6, 6.07) is -1.48. The standard InChI is InChI=1S/C9H20N4O2S3.C2HF3O2/c10-5(2-16)1-12-7(4-18)9(15)13-6(3-17)8(11)14;3-2(4,5)1(6)7/h5-7,12,16-18H,1-4,10H2,(H2,11,14)(H,13,15);(H,6,7). The van der Waals surface area contributed by atoms with Crippen molar-refractivity contribution in [2.45, 2.75) is 24.3 Å². The minimum atomic E-state index is -5.08. The van der Waals surface area contributed by atoms with E-state index in [1.54, 1.807) is 0 Å². The largest absolute Gasteiger partial charge is 0.490 e. The maximum Gasteiger partial charge on any atom is 0.490 e. The van der Waals surface area contributed by atoms with Crippen molar-refractivity contribution >= 4 is 55.7 Å². The predicted molar refractivity (Wildman–Crippen MR) is 96.1 cm³/mol. The van der Waals surface area contributed by atoms with Gasteiger partial charge in [0.05, 0.1) is 6.04 Å². The molecule has 0 aliphatic heterocycles. The summed E-state index contributed by atoms with van der Waals surface area (Å²) in [7, 11) is 0. The molecule has 0 radical (unpaired) electrons. The first kappa shape index (κ1) is 26.4. The van der Waals surface area contributed by atoms with Crippen molar-refractivity contribution in [2.24, 2.45) is 11.5 Å². The molecule has 0 bridgehead atoms. The van der Waals surface area contributed by atoms with Crippen molar-refractivity contribution in [2.75, 3.05) is 23.8 Å². The second kappa shape index (κ2) is 13.4.